The normalized spacial score (nSPS) is 26.5. The van der Waals surface area contributed by atoms with E-state index in [1.807, 2.05) is 45.6 Å². The summed E-state index contributed by atoms with van der Waals surface area (Å²) < 4.78 is 12.0. The zero-order chi connectivity index (χ0) is 30.6. The Labute approximate surface area is 255 Å². The van der Waals surface area contributed by atoms with E-state index in [2.05, 4.69) is 18.8 Å². The lowest BCUT2D eigenvalue weighted by Crippen LogP contribution is -2.47. The van der Waals surface area contributed by atoms with Crippen molar-refractivity contribution >= 4 is 35.0 Å². The summed E-state index contributed by atoms with van der Waals surface area (Å²) in [7, 11) is 0. The predicted octanol–water partition coefficient (Wildman–Crippen LogP) is 6.95. The molecular weight excluding hydrogens is 552 g/mol. The summed E-state index contributed by atoms with van der Waals surface area (Å²) in [6, 6.07) is 1.73. The highest BCUT2D eigenvalue weighted by molar-refractivity contribution is 7.15. The minimum absolute atomic E-state index is 0.0291. The largest absolute Gasteiger partial charge is 0.477 e. The molecule has 1 saturated heterocycles. The molecule has 0 aromatic carbocycles. The Morgan fingerprint density at radius 1 is 1.02 bits per heavy atom. The van der Waals surface area contributed by atoms with E-state index in [1.54, 1.807) is 4.90 Å². The van der Waals surface area contributed by atoms with Crippen LogP contribution in [0.25, 0.3) is 0 Å². The van der Waals surface area contributed by atoms with Gasteiger partial charge in [-0.25, -0.2) is 9.59 Å². The van der Waals surface area contributed by atoms with Gasteiger partial charge in [0.2, 0.25) is 5.91 Å². The smallest absolute Gasteiger partial charge is 0.410 e. The van der Waals surface area contributed by atoms with Gasteiger partial charge in [-0.1, -0.05) is 32.6 Å². The molecule has 1 aromatic rings. The summed E-state index contributed by atoms with van der Waals surface area (Å²) in [5.41, 5.74) is -0.0319. The second-order valence-electron chi connectivity index (χ2n) is 13.6. The monoisotopic (exact) mass is 600 g/mol. The fourth-order valence-electron chi connectivity index (χ4n) is 6.23. The third kappa shape index (κ3) is 8.50. The summed E-state index contributed by atoms with van der Waals surface area (Å²) in [6.07, 6.45) is 7.27. The van der Waals surface area contributed by atoms with Crippen molar-refractivity contribution in [3.8, 4) is 11.8 Å². The molecule has 1 atom stereocenters. The van der Waals surface area contributed by atoms with Crippen molar-refractivity contribution in [1.29, 1.82) is 0 Å². The van der Waals surface area contributed by atoms with Crippen LogP contribution in [-0.4, -0.2) is 64.9 Å². The van der Waals surface area contributed by atoms with Gasteiger partial charge < -0.3 is 24.4 Å². The van der Waals surface area contributed by atoms with Crippen molar-refractivity contribution in [1.82, 2.24) is 4.90 Å². The number of carbonyl (C=O) groups excluding carboxylic acids is 2. The summed E-state index contributed by atoms with van der Waals surface area (Å²) in [4.78, 5) is 43.4. The number of hydrogen-bond donors (Lipinski definition) is 1. The number of anilines is 1. The van der Waals surface area contributed by atoms with Gasteiger partial charge in [-0.15, -0.1) is 11.3 Å². The maximum atomic E-state index is 14.1. The molecule has 0 spiro atoms. The third-order valence-electron chi connectivity index (χ3n) is 8.44. The molecule has 232 valence electrons. The SMILES string of the molecule is CC(C)C#Cc1cc(N(C(=O)C2CCC(C)CC2)C2CCC(O[C@H]3CCN(C(=O)OC(C)(C)C)C3)CC2)c(C(=O)O)s1. The molecule has 2 saturated carbocycles. The van der Waals surface area contributed by atoms with Gasteiger partial charge in [0, 0.05) is 24.4 Å². The quantitative estimate of drug-likeness (QED) is 0.355. The van der Waals surface area contributed by atoms with Crippen molar-refractivity contribution in [2.75, 3.05) is 18.0 Å². The minimum atomic E-state index is -1.02. The molecule has 3 aliphatic rings. The maximum absolute atomic E-state index is 14.1. The molecule has 42 heavy (non-hydrogen) atoms. The van der Waals surface area contributed by atoms with Gasteiger partial charge in [0.15, 0.2) is 0 Å². The van der Waals surface area contributed by atoms with E-state index in [0.29, 0.717) is 29.6 Å². The van der Waals surface area contributed by atoms with Crippen molar-refractivity contribution in [3.63, 3.8) is 0 Å². The Hall–Kier alpha value is -2.57. The fraction of sp³-hybridized carbons (Fsp3) is 0.727. The predicted molar refractivity (Wildman–Crippen MR) is 165 cm³/mol. The molecule has 1 aromatic heterocycles. The number of rotatable bonds is 6. The molecule has 1 aliphatic heterocycles. The Bertz CT molecular complexity index is 1180. The van der Waals surface area contributed by atoms with E-state index < -0.39 is 11.6 Å². The summed E-state index contributed by atoms with van der Waals surface area (Å²) >= 11 is 1.16. The van der Waals surface area contributed by atoms with Crippen LogP contribution in [0.1, 0.15) is 114 Å². The van der Waals surface area contributed by atoms with E-state index in [1.165, 1.54) is 0 Å². The van der Waals surface area contributed by atoms with Gasteiger partial charge in [0.25, 0.3) is 0 Å². The lowest BCUT2D eigenvalue weighted by Gasteiger charge is -2.40. The summed E-state index contributed by atoms with van der Waals surface area (Å²) in [6.45, 7) is 13.0. The van der Waals surface area contributed by atoms with Crippen molar-refractivity contribution < 1.29 is 29.0 Å². The van der Waals surface area contributed by atoms with Crippen molar-refractivity contribution in [2.45, 2.75) is 123 Å². The second kappa shape index (κ2) is 13.8. The van der Waals surface area contributed by atoms with Crippen LogP contribution in [0.5, 0.6) is 0 Å². The zero-order valence-electron chi connectivity index (χ0n) is 26.1. The van der Waals surface area contributed by atoms with E-state index in [0.717, 1.165) is 69.1 Å². The molecule has 3 fully saturated rings. The molecule has 2 amide bonds. The van der Waals surface area contributed by atoms with Gasteiger partial charge in [0.05, 0.1) is 29.3 Å². The third-order valence-corrected chi connectivity index (χ3v) is 9.47. The molecule has 8 nitrogen and oxygen atoms in total. The first-order valence-corrected chi connectivity index (χ1v) is 16.5. The molecule has 0 radical (unpaired) electrons. The van der Waals surface area contributed by atoms with E-state index in [-0.39, 0.29) is 47.0 Å². The number of likely N-dealkylation sites (tertiary alicyclic amines) is 1. The standard InChI is InChI=1S/C33H48N2O6S/c1-21(2)7-16-27-19-28(29(42-27)31(37)38)35(30(36)23-10-8-22(3)9-11-23)24-12-14-25(15-13-24)40-26-17-18-34(20-26)32(39)41-33(4,5)6/h19,21-26H,8-15,17-18,20H2,1-6H3,(H,37,38)/t22?,23?,24?,25?,26-/m0/s1. The first kappa shape index (κ1) is 32.3. The molecule has 0 bridgehead atoms. The zero-order valence-corrected chi connectivity index (χ0v) is 26.9. The highest BCUT2D eigenvalue weighted by Crippen LogP contribution is 2.39. The van der Waals surface area contributed by atoms with Crippen LogP contribution in [0.2, 0.25) is 0 Å². The molecule has 0 unspecified atom stereocenters. The topological polar surface area (TPSA) is 96.4 Å². The number of aromatic carboxylic acids is 1. The van der Waals surface area contributed by atoms with Crippen LogP contribution in [0.15, 0.2) is 6.07 Å². The number of ether oxygens (including phenoxy) is 2. The Morgan fingerprint density at radius 3 is 2.29 bits per heavy atom. The Balaban J connectivity index is 1.47. The second-order valence-corrected chi connectivity index (χ2v) is 14.7. The van der Waals surface area contributed by atoms with Crippen LogP contribution >= 0.6 is 11.3 Å². The molecule has 2 aliphatic carbocycles. The number of thiophene rings is 1. The van der Waals surface area contributed by atoms with Gasteiger partial charge in [-0.3, -0.25) is 4.79 Å². The number of carboxylic acid groups (broad SMARTS) is 1. The molecule has 1 N–H and O–H groups in total. The molecule has 9 heteroatoms. The Kier molecular flexibility index (Phi) is 10.6. The fourth-order valence-corrected chi connectivity index (χ4v) is 7.08. The number of carbonyl (C=O) groups is 3. The van der Waals surface area contributed by atoms with Gasteiger partial charge >= 0.3 is 12.1 Å². The van der Waals surface area contributed by atoms with Crippen LogP contribution < -0.4 is 4.90 Å². The first-order chi connectivity index (χ1) is 19.8. The first-order valence-electron chi connectivity index (χ1n) is 15.7. The average Bonchev–Trinajstić information content (AvgIpc) is 3.56. The van der Waals surface area contributed by atoms with Crippen LogP contribution in [0.3, 0.4) is 0 Å². The van der Waals surface area contributed by atoms with E-state index >= 15 is 0 Å². The highest BCUT2D eigenvalue weighted by Gasteiger charge is 2.39. The summed E-state index contributed by atoms with van der Waals surface area (Å²) in [5.74, 6) is 5.99. The van der Waals surface area contributed by atoms with Crippen LogP contribution in [-0.2, 0) is 14.3 Å². The number of carboxylic acids is 1. The van der Waals surface area contributed by atoms with E-state index in [4.69, 9.17) is 9.47 Å². The molecular formula is C33H48N2O6S. The van der Waals surface area contributed by atoms with Crippen LogP contribution in [0.4, 0.5) is 10.5 Å². The van der Waals surface area contributed by atoms with Gasteiger partial charge in [-0.2, -0.15) is 0 Å². The molecule has 4 rings (SSSR count). The lowest BCUT2D eigenvalue weighted by molar-refractivity contribution is -0.124. The van der Waals surface area contributed by atoms with Crippen molar-refractivity contribution in [3.05, 3.63) is 15.8 Å². The maximum Gasteiger partial charge on any atom is 0.410 e. The van der Waals surface area contributed by atoms with Gasteiger partial charge in [-0.05, 0) is 90.5 Å². The van der Waals surface area contributed by atoms with Crippen molar-refractivity contribution in [2.24, 2.45) is 17.8 Å². The minimum Gasteiger partial charge on any atom is -0.477 e. The average molecular weight is 601 g/mol. The highest BCUT2D eigenvalue weighted by atomic mass is 32.1. The Morgan fingerprint density at radius 2 is 1.69 bits per heavy atom. The van der Waals surface area contributed by atoms with Gasteiger partial charge in [0.1, 0.15) is 10.5 Å². The number of hydrogen-bond acceptors (Lipinski definition) is 6. The van der Waals surface area contributed by atoms with E-state index in [9.17, 15) is 19.5 Å². The number of nitrogens with zero attached hydrogens (tertiary/aromatic N) is 2. The number of amides is 2. The summed E-state index contributed by atoms with van der Waals surface area (Å²) in [5, 5.41) is 10.1. The molecule has 2 heterocycles. The lowest BCUT2D eigenvalue weighted by atomic mass is 9.81. The van der Waals surface area contributed by atoms with Crippen LogP contribution in [0, 0.1) is 29.6 Å².